The van der Waals surface area contributed by atoms with Crippen molar-refractivity contribution in [1.29, 1.82) is 0 Å². The Morgan fingerprint density at radius 1 is 1.14 bits per heavy atom. The summed E-state index contributed by atoms with van der Waals surface area (Å²) in [6, 6.07) is 10.5. The summed E-state index contributed by atoms with van der Waals surface area (Å²) in [5.41, 5.74) is 3.38. The van der Waals surface area contributed by atoms with Crippen molar-refractivity contribution in [2.24, 2.45) is 0 Å². The Morgan fingerprint density at radius 2 is 1.76 bits per heavy atom. The van der Waals surface area contributed by atoms with Gasteiger partial charge in [0.05, 0.1) is 12.0 Å². The molecule has 1 aliphatic rings. The molecule has 2 aromatic carbocycles. The summed E-state index contributed by atoms with van der Waals surface area (Å²) in [7, 11) is -2.15. The van der Waals surface area contributed by atoms with Crippen LogP contribution in [0.15, 0.2) is 41.3 Å². The molecule has 0 saturated carbocycles. The first-order chi connectivity index (χ1) is 13.7. The molecule has 1 aliphatic heterocycles. The fourth-order valence-corrected chi connectivity index (χ4v) is 6.10. The van der Waals surface area contributed by atoms with Crippen molar-refractivity contribution < 1.29 is 17.9 Å². The van der Waals surface area contributed by atoms with E-state index in [4.69, 9.17) is 4.74 Å². The summed E-state index contributed by atoms with van der Waals surface area (Å²) in [6.45, 7) is 6.26. The maximum Gasteiger partial charge on any atom is 0.244 e. The van der Waals surface area contributed by atoms with Gasteiger partial charge in [-0.25, -0.2) is 8.42 Å². The highest BCUT2D eigenvalue weighted by Crippen LogP contribution is 2.30. The molecule has 0 radical (unpaired) electrons. The third-order valence-corrected chi connectivity index (χ3v) is 7.52. The second-order valence-electron chi connectivity index (χ2n) is 7.57. The Bertz CT molecular complexity index is 977. The van der Waals surface area contributed by atoms with E-state index in [1.54, 1.807) is 7.11 Å². The summed E-state index contributed by atoms with van der Waals surface area (Å²) in [6.07, 6.45) is 1.20. The summed E-state index contributed by atoms with van der Waals surface area (Å²) >= 11 is 0. The van der Waals surface area contributed by atoms with Gasteiger partial charge in [-0.1, -0.05) is 29.8 Å². The average molecular weight is 417 g/mol. The summed E-state index contributed by atoms with van der Waals surface area (Å²) in [5, 5.41) is 2.88. The quantitative estimate of drug-likeness (QED) is 0.785. The molecule has 29 heavy (non-hydrogen) atoms. The molecule has 156 valence electrons. The number of carbonyl (C=O) groups is 1. The Labute approximate surface area is 172 Å². The van der Waals surface area contributed by atoms with Crippen LogP contribution in [0.3, 0.4) is 0 Å². The van der Waals surface area contributed by atoms with Crippen molar-refractivity contribution in [2.45, 2.75) is 51.1 Å². The van der Waals surface area contributed by atoms with E-state index in [0.717, 1.165) is 16.9 Å². The standard InChI is InChI=1S/C22H28N2O4S/c1-15-12-16(2)21(17(3)13-15)29(26,27)24-11-5-6-20(24)22(25)23-14-18-7-9-19(28-4)10-8-18/h7-10,12-13,20H,5-6,11,14H2,1-4H3,(H,23,25)/t20-/m1/s1. The lowest BCUT2D eigenvalue weighted by molar-refractivity contribution is -0.124. The van der Waals surface area contributed by atoms with Crippen LogP contribution in [0.2, 0.25) is 0 Å². The van der Waals surface area contributed by atoms with Crippen molar-refractivity contribution in [1.82, 2.24) is 9.62 Å². The molecule has 1 N–H and O–H groups in total. The van der Waals surface area contributed by atoms with Gasteiger partial charge in [0.2, 0.25) is 15.9 Å². The molecule has 1 fully saturated rings. The smallest absolute Gasteiger partial charge is 0.244 e. The van der Waals surface area contributed by atoms with Gasteiger partial charge in [0, 0.05) is 13.1 Å². The van der Waals surface area contributed by atoms with Crippen molar-refractivity contribution in [3.8, 4) is 5.75 Å². The first-order valence-corrected chi connectivity index (χ1v) is 11.2. The second-order valence-corrected chi connectivity index (χ2v) is 9.39. The Balaban J connectivity index is 1.77. The molecule has 1 atom stereocenters. The number of hydrogen-bond donors (Lipinski definition) is 1. The van der Waals surface area contributed by atoms with Crippen LogP contribution in [0.5, 0.6) is 5.75 Å². The normalized spacial score (nSPS) is 17.3. The van der Waals surface area contributed by atoms with E-state index in [2.05, 4.69) is 5.32 Å². The summed E-state index contributed by atoms with van der Waals surface area (Å²) in [5.74, 6) is 0.487. The molecule has 1 heterocycles. The number of carbonyl (C=O) groups excluding carboxylic acids is 1. The highest BCUT2D eigenvalue weighted by atomic mass is 32.2. The van der Waals surface area contributed by atoms with Gasteiger partial charge in [-0.2, -0.15) is 4.31 Å². The van der Waals surface area contributed by atoms with Gasteiger partial charge in [0.15, 0.2) is 0 Å². The molecule has 3 rings (SSSR count). The second kappa shape index (κ2) is 8.55. The lowest BCUT2D eigenvalue weighted by Crippen LogP contribution is -2.45. The highest BCUT2D eigenvalue weighted by molar-refractivity contribution is 7.89. The largest absolute Gasteiger partial charge is 0.497 e. The van der Waals surface area contributed by atoms with Crippen LogP contribution in [0, 0.1) is 20.8 Å². The minimum Gasteiger partial charge on any atom is -0.497 e. The van der Waals surface area contributed by atoms with Crippen molar-refractivity contribution in [2.75, 3.05) is 13.7 Å². The van der Waals surface area contributed by atoms with Crippen LogP contribution < -0.4 is 10.1 Å². The molecule has 0 aliphatic carbocycles. The third kappa shape index (κ3) is 4.46. The van der Waals surface area contributed by atoms with Gasteiger partial charge < -0.3 is 10.1 Å². The molecule has 0 spiro atoms. The molecule has 1 saturated heterocycles. The molecule has 0 bridgehead atoms. The lowest BCUT2D eigenvalue weighted by atomic mass is 10.1. The van der Waals surface area contributed by atoms with E-state index in [9.17, 15) is 13.2 Å². The van der Waals surface area contributed by atoms with Crippen molar-refractivity contribution in [3.05, 3.63) is 58.7 Å². The molecule has 7 heteroatoms. The number of aryl methyl sites for hydroxylation is 3. The maximum atomic E-state index is 13.4. The number of nitrogens with zero attached hydrogens (tertiary/aromatic N) is 1. The number of nitrogens with one attached hydrogen (secondary N) is 1. The summed E-state index contributed by atoms with van der Waals surface area (Å²) < 4.78 is 33.3. The zero-order valence-electron chi connectivity index (χ0n) is 17.4. The molecular weight excluding hydrogens is 388 g/mol. The predicted molar refractivity (Wildman–Crippen MR) is 112 cm³/mol. The average Bonchev–Trinajstić information content (AvgIpc) is 3.16. The maximum absolute atomic E-state index is 13.4. The lowest BCUT2D eigenvalue weighted by Gasteiger charge is -2.25. The summed E-state index contributed by atoms with van der Waals surface area (Å²) in [4.78, 5) is 13.1. The van der Waals surface area contributed by atoms with Crippen LogP contribution >= 0.6 is 0 Å². The van der Waals surface area contributed by atoms with E-state index in [1.807, 2.05) is 57.2 Å². The number of benzene rings is 2. The SMILES string of the molecule is COc1ccc(CNC(=O)[C@H]2CCCN2S(=O)(=O)c2c(C)cc(C)cc2C)cc1. The Morgan fingerprint density at radius 3 is 2.34 bits per heavy atom. The fraction of sp³-hybridized carbons (Fsp3) is 0.409. The molecule has 1 amide bonds. The predicted octanol–water partition coefficient (Wildman–Crippen LogP) is 3.09. The minimum atomic E-state index is -3.75. The van der Waals surface area contributed by atoms with E-state index in [-0.39, 0.29) is 5.91 Å². The van der Waals surface area contributed by atoms with Crippen LogP contribution in [-0.2, 0) is 21.4 Å². The Hall–Kier alpha value is -2.38. The van der Waals surface area contributed by atoms with Gasteiger partial charge in [0.25, 0.3) is 0 Å². The highest BCUT2D eigenvalue weighted by Gasteiger charge is 2.40. The van der Waals surface area contributed by atoms with Gasteiger partial charge in [0.1, 0.15) is 11.8 Å². The first kappa shape index (κ1) is 21.3. The number of methoxy groups -OCH3 is 1. The minimum absolute atomic E-state index is 0.260. The van der Waals surface area contributed by atoms with Crippen molar-refractivity contribution >= 4 is 15.9 Å². The van der Waals surface area contributed by atoms with E-state index < -0.39 is 16.1 Å². The molecule has 2 aromatic rings. The van der Waals surface area contributed by atoms with Crippen LogP contribution in [-0.4, -0.2) is 38.3 Å². The fourth-order valence-electron chi connectivity index (χ4n) is 4.03. The van der Waals surface area contributed by atoms with E-state index in [0.29, 0.717) is 42.0 Å². The van der Waals surface area contributed by atoms with Gasteiger partial charge in [-0.3, -0.25) is 4.79 Å². The van der Waals surface area contributed by atoms with Crippen LogP contribution in [0.1, 0.15) is 35.1 Å². The number of rotatable bonds is 6. The number of hydrogen-bond acceptors (Lipinski definition) is 4. The van der Waals surface area contributed by atoms with Gasteiger partial charge >= 0.3 is 0 Å². The zero-order valence-corrected chi connectivity index (χ0v) is 18.2. The van der Waals surface area contributed by atoms with Gasteiger partial charge in [-0.05, 0) is 62.4 Å². The van der Waals surface area contributed by atoms with Crippen molar-refractivity contribution in [3.63, 3.8) is 0 Å². The van der Waals surface area contributed by atoms with Crippen LogP contribution in [0.25, 0.3) is 0 Å². The molecule has 0 unspecified atom stereocenters. The Kier molecular flexibility index (Phi) is 6.29. The van der Waals surface area contributed by atoms with E-state index >= 15 is 0 Å². The monoisotopic (exact) mass is 416 g/mol. The topological polar surface area (TPSA) is 75.7 Å². The molecular formula is C22H28N2O4S. The molecule has 6 nitrogen and oxygen atoms in total. The van der Waals surface area contributed by atoms with Crippen LogP contribution in [0.4, 0.5) is 0 Å². The first-order valence-electron chi connectivity index (χ1n) is 9.74. The number of amides is 1. The third-order valence-electron chi connectivity index (χ3n) is 5.30. The van der Waals surface area contributed by atoms with E-state index in [1.165, 1.54) is 4.31 Å². The zero-order chi connectivity index (χ0) is 21.2. The molecule has 0 aromatic heterocycles. The number of sulfonamides is 1. The van der Waals surface area contributed by atoms with Gasteiger partial charge in [-0.15, -0.1) is 0 Å². The number of ether oxygens (including phenoxy) is 1.